The van der Waals surface area contributed by atoms with Crippen LogP contribution >= 0.6 is 21.6 Å². The first-order valence-corrected chi connectivity index (χ1v) is 5.40. The van der Waals surface area contributed by atoms with Crippen LogP contribution < -0.4 is 0 Å². The third-order valence-corrected chi connectivity index (χ3v) is 3.05. The van der Waals surface area contributed by atoms with Gasteiger partial charge in [0.15, 0.2) is 0 Å². The molecule has 56 valence electrons. The zero-order valence-electron chi connectivity index (χ0n) is 6.18. The minimum atomic E-state index is 0.223. The standard InChI is InChI=1S/C6H14OS2/c1-6(2,3)4-8-9-5-7/h7H,4-5H2,1-3H3. The Hall–Kier alpha value is 0.660. The van der Waals surface area contributed by atoms with E-state index in [-0.39, 0.29) is 5.94 Å². The van der Waals surface area contributed by atoms with Gasteiger partial charge in [-0.05, 0) is 5.41 Å². The van der Waals surface area contributed by atoms with Crippen LogP contribution in [0, 0.1) is 5.41 Å². The van der Waals surface area contributed by atoms with Crippen molar-refractivity contribution in [1.29, 1.82) is 0 Å². The molecule has 0 saturated carbocycles. The van der Waals surface area contributed by atoms with Gasteiger partial charge in [-0.3, -0.25) is 0 Å². The smallest absolute Gasteiger partial charge is 0.0987 e. The average Bonchev–Trinajstić information content (AvgIpc) is 1.63. The summed E-state index contributed by atoms with van der Waals surface area (Å²) in [6, 6.07) is 0. The minimum absolute atomic E-state index is 0.223. The van der Waals surface area contributed by atoms with Crippen LogP contribution in [-0.4, -0.2) is 16.8 Å². The number of hydrogen-bond donors (Lipinski definition) is 1. The summed E-state index contributed by atoms with van der Waals surface area (Å²) in [5.41, 5.74) is 0.382. The van der Waals surface area contributed by atoms with Gasteiger partial charge in [0, 0.05) is 5.75 Å². The molecule has 0 heterocycles. The van der Waals surface area contributed by atoms with Gasteiger partial charge in [-0.1, -0.05) is 42.4 Å². The topological polar surface area (TPSA) is 20.2 Å². The molecular weight excluding hydrogens is 152 g/mol. The SMILES string of the molecule is CC(C)(C)CSSCO. The molecule has 0 fully saturated rings. The van der Waals surface area contributed by atoms with E-state index in [1.165, 1.54) is 10.8 Å². The van der Waals surface area contributed by atoms with Crippen LogP contribution in [0.1, 0.15) is 20.8 Å². The van der Waals surface area contributed by atoms with E-state index in [4.69, 9.17) is 5.11 Å². The van der Waals surface area contributed by atoms with Gasteiger partial charge in [0.05, 0.1) is 5.94 Å². The van der Waals surface area contributed by atoms with Crippen LogP contribution in [0.5, 0.6) is 0 Å². The van der Waals surface area contributed by atoms with Crippen molar-refractivity contribution in [3.8, 4) is 0 Å². The molecule has 0 radical (unpaired) electrons. The maximum atomic E-state index is 8.41. The van der Waals surface area contributed by atoms with Crippen molar-refractivity contribution in [3.05, 3.63) is 0 Å². The molecule has 0 aliphatic rings. The maximum Gasteiger partial charge on any atom is 0.0987 e. The van der Waals surface area contributed by atoms with Crippen molar-refractivity contribution in [2.75, 3.05) is 11.7 Å². The molecule has 1 nitrogen and oxygen atoms in total. The summed E-state index contributed by atoms with van der Waals surface area (Å²) in [4.78, 5) is 0. The Bertz CT molecular complexity index is 67.9. The second-order valence-electron chi connectivity index (χ2n) is 3.07. The molecule has 0 aromatic heterocycles. The Balaban J connectivity index is 3.07. The van der Waals surface area contributed by atoms with E-state index in [2.05, 4.69) is 20.8 Å². The van der Waals surface area contributed by atoms with E-state index < -0.39 is 0 Å². The van der Waals surface area contributed by atoms with Gasteiger partial charge in [0.1, 0.15) is 0 Å². The third kappa shape index (κ3) is 8.66. The second kappa shape index (κ2) is 4.47. The van der Waals surface area contributed by atoms with Crippen molar-refractivity contribution < 1.29 is 5.11 Å². The summed E-state index contributed by atoms with van der Waals surface area (Å²) in [6.45, 7) is 6.58. The zero-order chi connectivity index (χ0) is 7.33. The molecule has 0 unspecified atom stereocenters. The van der Waals surface area contributed by atoms with Gasteiger partial charge in [0.2, 0.25) is 0 Å². The molecule has 0 aromatic carbocycles. The zero-order valence-corrected chi connectivity index (χ0v) is 7.81. The highest BCUT2D eigenvalue weighted by atomic mass is 33.1. The summed E-state index contributed by atoms with van der Waals surface area (Å²) < 4.78 is 0. The Morgan fingerprint density at radius 1 is 1.22 bits per heavy atom. The minimum Gasteiger partial charge on any atom is -0.385 e. The van der Waals surface area contributed by atoms with Crippen LogP contribution in [0.2, 0.25) is 0 Å². The average molecular weight is 166 g/mol. The van der Waals surface area contributed by atoms with Gasteiger partial charge in [-0.15, -0.1) is 0 Å². The predicted octanol–water partition coefficient (Wildman–Crippen LogP) is 2.36. The van der Waals surface area contributed by atoms with E-state index in [1.807, 2.05) is 0 Å². The lowest BCUT2D eigenvalue weighted by Crippen LogP contribution is -2.07. The molecule has 0 rings (SSSR count). The number of aliphatic hydroxyl groups excluding tert-OH is 1. The van der Waals surface area contributed by atoms with Gasteiger partial charge < -0.3 is 5.11 Å². The van der Waals surface area contributed by atoms with Crippen molar-refractivity contribution in [2.45, 2.75) is 20.8 Å². The summed E-state index contributed by atoms with van der Waals surface area (Å²) in [5.74, 6) is 1.32. The van der Waals surface area contributed by atoms with E-state index in [0.717, 1.165) is 5.75 Å². The molecule has 0 bridgehead atoms. The van der Waals surface area contributed by atoms with Crippen molar-refractivity contribution in [2.24, 2.45) is 5.41 Å². The molecule has 0 saturated heterocycles. The quantitative estimate of drug-likeness (QED) is 0.395. The fourth-order valence-corrected chi connectivity index (χ4v) is 2.30. The van der Waals surface area contributed by atoms with Crippen molar-refractivity contribution in [1.82, 2.24) is 0 Å². The van der Waals surface area contributed by atoms with E-state index in [9.17, 15) is 0 Å². The number of hydrogen-bond acceptors (Lipinski definition) is 3. The molecule has 1 N–H and O–H groups in total. The second-order valence-corrected chi connectivity index (χ2v) is 5.50. The monoisotopic (exact) mass is 166 g/mol. The third-order valence-electron chi connectivity index (χ3n) is 0.628. The van der Waals surface area contributed by atoms with Crippen molar-refractivity contribution in [3.63, 3.8) is 0 Å². The van der Waals surface area contributed by atoms with E-state index in [0.29, 0.717) is 5.41 Å². The molecule has 3 heteroatoms. The summed E-state index contributed by atoms with van der Waals surface area (Å²) in [7, 11) is 3.23. The molecule has 0 aliphatic heterocycles. The molecular formula is C6H14OS2. The van der Waals surface area contributed by atoms with Crippen LogP contribution in [0.4, 0.5) is 0 Å². The highest BCUT2D eigenvalue weighted by Crippen LogP contribution is 2.28. The Kier molecular flexibility index (Phi) is 4.80. The lowest BCUT2D eigenvalue weighted by atomic mass is 10.0. The van der Waals surface area contributed by atoms with Gasteiger partial charge >= 0.3 is 0 Å². The normalized spacial score (nSPS) is 12.0. The summed E-state index contributed by atoms with van der Waals surface area (Å²) in [5, 5.41) is 8.41. The lowest BCUT2D eigenvalue weighted by molar-refractivity contribution is 0.376. The first-order valence-electron chi connectivity index (χ1n) is 2.91. The first-order chi connectivity index (χ1) is 4.06. The first kappa shape index (κ1) is 9.66. The summed E-state index contributed by atoms with van der Waals surface area (Å²) in [6.07, 6.45) is 0. The van der Waals surface area contributed by atoms with Gasteiger partial charge in [0.25, 0.3) is 0 Å². The molecule has 0 aliphatic carbocycles. The van der Waals surface area contributed by atoms with Gasteiger partial charge in [-0.25, -0.2) is 0 Å². The fraction of sp³-hybridized carbons (Fsp3) is 1.00. The highest BCUT2D eigenvalue weighted by Gasteiger charge is 2.09. The maximum absolute atomic E-state index is 8.41. The fourth-order valence-electron chi connectivity index (χ4n) is 0.256. The van der Waals surface area contributed by atoms with Crippen LogP contribution in [-0.2, 0) is 0 Å². The Morgan fingerprint density at radius 3 is 2.11 bits per heavy atom. The number of rotatable bonds is 3. The molecule has 0 amide bonds. The molecule has 0 spiro atoms. The van der Waals surface area contributed by atoms with Crippen molar-refractivity contribution >= 4 is 21.6 Å². The molecule has 0 aromatic rings. The van der Waals surface area contributed by atoms with Crippen LogP contribution in [0.3, 0.4) is 0 Å². The largest absolute Gasteiger partial charge is 0.385 e. The van der Waals surface area contributed by atoms with E-state index in [1.54, 1.807) is 10.8 Å². The van der Waals surface area contributed by atoms with Crippen LogP contribution in [0.25, 0.3) is 0 Å². The number of aliphatic hydroxyl groups is 1. The molecule has 0 atom stereocenters. The Morgan fingerprint density at radius 2 is 1.78 bits per heavy atom. The van der Waals surface area contributed by atoms with E-state index >= 15 is 0 Å². The Labute approximate surface area is 65.0 Å². The highest BCUT2D eigenvalue weighted by molar-refractivity contribution is 8.76. The predicted molar refractivity (Wildman–Crippen MR) is 46.6 cm³/mol. The van der Waals surface area contributed by atoms with Gasteiger partial charge in [-0.2, -0.15) is 0 Å². The molecule has 9 heavy (non-hydrogen) atoms. The lowest BCUT2D eigenvalue weighted by Gasteiger charge is -2.15. The van der Waals surface area contributed by atoms with Crippen LogP contribution in [0.15, 0.2) is 0 Å². The summed E-state index contributed by atoms with van der Waals surface area (Å²) >= 11 is 0.